The largest absolute Gasteiger partial charge is 0.497 e. The number of carbonyl (C=O) groups excluding carboxylic acids is 1. The first kappa shape index (κ1) is 18.3. The Morgan fingerprint density at radius 3 is 2.36 bits per heavy atom. The van der Waals surface area contributed by atoms with Crippen LogP contribution < -0.4 is 14.8 Å². The Bertz CT molecular complexity index is 509. The molecule has 0 bridgehead atoms. The third-order valence-electron chi connectivity index (χ3n) is 2.92. The summed E-state index contributed by atoms with van der Waals surface area (Å²) in [4.78, 5) is 13.0. The SMILES string of the molecule is COc1cc(OC(=O)N(C)C)cc(C(O)CNC(C)(C)C)c1. The fraction of sp³-hybridized carbons (Fsp3) is 0.562. The number of aliphatic hydroxyl groups is 1. The number of rotatable bonds is 5. The summed E-state index contributed by atoms with van der Waals surface area (Å²) in [6.45, 7) is 6.46. The van der Waals surface area contributed by atoms with Gasteiger partial charge in [-0.25, -0.2) is 4.79 Å². The van der Waals surface area contributed by atoms with E-state index in [2.05, 4.69) is 5.32 Å². The van der Waals surface area contributed by atoms with Crippen LogP contribution in [0.15, 0.2) is 18.2 Å². The van der Waals surface area contributed by atoms with Crippen molar-refractivity contribution in [3.05, 3.63) is 23.8 Å². The van der Waals surface area contributed by atoms with Crippen LogP contribution in [0.1, 0.15) is 32.4 Å². The van der Waals surface area contributed by atoms with Crippen molar-refractivity contribution in [2.24, 2.45) is 0 Å². The van der Waals surface area contributed by atoms with Gasteiger partial charge in [-0.05, 0) is 38.5 Å². The Morgan fingerprint density at radius 2 is 1.86 bits per heavy atom. The second-order valence-corrected chi connectivity index (χ2v) is 6.35. The van der Waals surface area contributed by atoms with E-state index in [4.69, 9.17) is 9.47 Å². The van der Waals surface area contributed by atoms with Gasteiger partial charge in [0.2, 0.25) is 0 Å². The summed E-state index contributed by atoms with van der Waals surface area (Å²) in [7, 11) is 4.73. The second kappa shape index (κ2) is 7.47. The first-order chi connectivity index (χ1) is 10.1. The minimum atomic E-state index is -0.730. The molecule has 0 aromatic heterocycles. The molecule has 0 fully saturated rings. The molecule has 1 atom stereocenters. The van der Waals surface area contributed by atoms with Gasteiger partial charge in [-0.2, -0.15) is 0 Å². The molecular formula is C16H26N2O4. The van der Waals surface area contributed by atoms with Crippen LogP contribution in [0.4, 0.5) is 4.79 Å². The molecule has 1 aromatic rings. The van der Waals surface area contributed by atoms with E-state index in [9.17, 15) is 9.90 Å². The van der Waals surface area contributed by atoms with Crippen molar-refractivity contribution in [2.45, 2.75) is 32.4 Å². The maximum atomic E-state index is 11.6. The number of ether oxygens (including phenoxy) is 2. The number of nitrogens with one attached hydrogen (secondary N) is 1. The third-order valence-corrected chi connectivity index (χ3v) is 2.92. The topological polar surface area (TPSA) is 71.0 Å². The van der Waals surface area contributed by atoms with Crippen LogP contribution in [-0.4, -0.2) is 49.4 Å². The average Bonchev–Trinajstić information content (AvgIpc) is 2.43. The molecular weight excluding hydrogens is 284 g/mol. The fourth-order valence-electron chi connectivity index (χ4n) is 1.68. The highest BCUT2D eigenvalue weighted by Crippen LogP contribution is 2.27. The van der Waals surface area contributed by atoms with Crippen molar-refractivity contribution in [2.75, 3.05) is 27.7 Å². The summed E-state index contributed by atoms with van der Waals surface area (Å²) in [5, 5.41) is 13.5. The lowest BCUT2D eigenvalue weighted by Crippen LogP contribution is -2.38. The first-order valence-corrected chi connectivity index (χ1v) is 7.13. The maximum absolute atomic E-state index is 11.6. The Kier molecular flexibility index (Phi) is 6.20. The number of amides is 1. The molecule has 0 heterocycles. The van der Waals surface area contributed by atoms with Crippen LogP contribution in [0.2, 0.25) is 0 Å². The number of hydrogen-bond donors (Lipinski definition) is 2. The number of benzene rings is 1. The lowest BCUT2D eigenvalue weighted by molar-refractivity contribution is 0.161. The van der Waals surface area contributed by atoms with Crippen LogP contribution in [-0.2, 0) is 0 Å². The van der Waals surface area contributed by atoms with E-state index in [0.717, 1.165) is 0 Å². The highest BCUT2D eigenvalue weighted by Gasteiger charge is 2.16. The van der Waals surface area contributed by atoms with Crippen LogP contribution in [0, 0.1) is 0 Å². The molecule has 1 unspecified atom stereocenters. The summed E-state index contributed by atoms with van der Waals surface area (Å²) in [5.41, 5.74) is 0.526. The zero-order valence-electron chi connectivity index (χ0n) is 14.1. The summed E-state index contributed by atoms with van der Waals surface area (Å²) >= 11 is 0. The molecule has 124 valence electrons. The van der Waals surface area contributed by atoms with Gasteiger partial charge in [-0.1, -0.05) is 0 Å². The van der Waals surface area contributed by atoms with Gasteiger partial charge in [0.1, 0.15) is 11.5 Å². The van der Waals surface area contributed by atoms with E-state index >= 15 is 0 Å². The lowest BCUT2D eigenvalue weighted by Gasteiger charge is -2.23. The molecule has 6 nitrogen and oxygen atoms in total. The minimum absolute atomic E-state index is 0.0972. The van der Waals surface area contributed by atoms with Gasteiger partial charge in [0.15, 0.2) is 0 Å². The zero-order valence-corrected chi connectivity index (χ0v) is 14.1. The molecule has 1 rings (SSSR count). The normalized spacial score (nSPS) is 12.7. The maximum Gasteiger partial charge on any atom is 0.414 e. The van der Waals surface area contributed by atoms with Crippen LogP contribution in [0.3, 0.4) is 0 Å². The van der Waals surface area contributed by atoms with Gasteiger partial charge in [0, 0.05) is 32.2 Å². The molecule has 0 radical (unpaired) electrons. The van der Waals surface area contributed by atoms with Gasteiger partial charge in [-0.15, -0.1) is 0 Å². The highest BCUT2D eigenvalue weighted by atomic mass is 16.6. The standard InChI is InChI=1S/C16H26N2O4/c1-16(2,3)17-10-14(19)11-7-12(21-6)9-13(8-11)22-15(20)18(4)5/h7-9,14,17,19H,10H2,1-6H3. The second-order valence-electron chi connectivity index (χ2n) is 6.35. The molecule has 2 N–H and O–H groups in total. The van der Waals surface area contributed by atoms with E-state index in [0.29, 0.717) is 23.6 Å². The third kappa shape index (κ3) is 5.91. The van der Waals surface area contributed by atoms with Gasteiger partial charge in [0.05, 0.1) is 13.2 Å². The number of nitrogens with zero attached hydrogens (tertiary/aromatic N) is 1. The van der Waals surface area contributed by atoms with Crippen LogP contribution >= 0.6 is 0 Å². The molecule has 6 heteroatoms. The number of hydrogen-bond acceptors (Lipinski definition) is 5. The van der Waals surface area contributed by atoms with Crippen molar-refractivity contribution < 1.29 is 19.4 Å². The van der Waals surface area contributed by atoms with Gasteiger partial charge in [0.25, 0.3) is 0 Å². The fourth-order valence-corrected chi connectivity index (χ4v) is 1.68. The molecule has 1 aromatic carbocycles. The van der Waals surface area contributed by atoms with Crippen LogP contribution in [0.5, 0.6) is 11.5 Å². The molecule has 0 aliphatic carbocycles. The Morgan fingerprint density at radius 1 is 1.27 bits per heavy atom. The molecule has 1 amide bonds. The summed E-state index contributed by atoms with van der Waals surface area (Å²) in [6, 6.07) is 4.97. The highest BCUT2D eigenvalue weighted by molar-refractivity contribution is 5.70. The van der Waals surface area contributed by atoms with Crippen molar-refractivity contribution in [3.8, 4) is 11.5 Å². The quantitative estimate of drug-likeness (QED) is 0.872. The van der Waals surface area contributed by atoms with Crippen molar-refractivity contribution >= 4 is 6.09 Å². The Labute approximate surface area is 132 Å². The number of aliphatic hydroxyl groups excluding tert-OH is 1. The number of carbonyl (C=O) groups is 1. The van der Waals surface area contributed by atoms with E-state index in [-0.39, 0.29) is 5.54 Å². The summed E-state index contributed by atoms with van der Waals surface area (Å²) in [6.07, 6.45) is -1.22. The molecule has 0 aliphatic heterocycles. The Balaban J connectivity index is 2.92. The molecule has 0 saturated heterocycles. The summed E-state index contributed by atoms with van der Waals surface area (Å²) < 4.78 is 10.4. The predicted molar refractivity (Wildman–Crippen MR) is 85.4 cm³/mol. The average molecular weight is 310 g/mol. The molecule has 0 spiro atoms. The molecule has 0 aliphatic rings. The predicted octanol–water partition coefficient (Wildman–Crippen LogP) is 2.18. The van der Waals surface area contributed by atoms with Crippen molar-refractivity contribution in [1.29, 1.82) is 0 Å². The van der Waals surface area contributed by atoms with Crippen molar-refractivity contribution in [3.63, 3.8) is 0 Å². The number of β-amino-alcohol motifs (C(OH)–C–C–N with tert-alkyl or cyclic N) is 1. The summed E-state index contributed by atoms with van der Waals surface area (Å²) in [5.74, 6) is 0.858. The smallest absolute Gasteiger partial charge is 0.414 e. The van der Waals surface area contributed by atoms with Gasteiger partial charge >= 0.3 is 6.09 Å². The zero-order chi connectivity index (χ0) is 16.9. The van der Waals surface area contributed by atoms with E-state index in [1.165, 1.54) is 12.0 Å². The van der Waals surface area contributed by atoms with Gasteiger partial charge in [-0.3, -0.25) is 0 Å². The minimum Gasteiger partial charge on any atom is -0.497 e. The molecule has 22 heavy (non-hydrogen) atoms. The lowest BCUT2D eigenvalue weighted by atomic mass is 10.1. The monoisotopic (exact) mass is 310 g/mol. The van der Waals surface area contributed by atoms with E-state index in [1.54, 1.807) is 32.3 Å². The Hall–Kier alpha value is -1.79. The van der Waals surface area contributed by atoms with E-state index in [1.807, 2.05) is 20.8 Å². The molecule has 0 saturated carbocycles. The van der Waals surface area contributed by atoms with Gasteiger partial charge < -0.3 is 24.8 Å². The van der Waals surface area contributed by atoms with Crippen LogP contribution in [0.25, 0.3) is 0 Å². The van der Waals surface area contributed by atoms with Crippen molar-refractivity contribution in [1.82, 2.24) is 10.2 Å². The first-order valence-electron chi connectivity index (χ1n) is 7.13. The van der Waals surface area contributed by atoms with E-state index < -0.39 is 12.2 Å². The number of methoxy groups -OCH3 is 1.